The van der Waals surface area contributed by atoms with Crippen LogP contribution in [0.5, 0.6) is 0 Å². The summed E-state index contributed by atoms with van der Waals surface area (Å²) in [6.45, 7) is 7.27. The average molecular weight is 237 g/mol. The van der Waals surface area contributed by atoms with Crippen molar-refractivity contribution in [2.75, 3.05) is 6.54 Å². The number of nitrogens with one attached hydrogen (secondary N) is 1. The molecule has 0 aliphatic rings. The van der Waals surface area contributed by atoms with E-state index in [0.717, 1.165) is 18.5 Å². The van der Waals surface area contributed by atoms with Crippen molar-refractivity contribution in [2.45, 2.75) is 52.5 Å². The molecule has 0 aliphatic heterocycles. The van der Waals surface area contributed by atoms with E-state index >= 15 is 0 Å². The normalized spacial score (nSPS) is 12.7. The van der Waals surface area contributed by atoms with Crippen molar-refractivity contribution in [2.24, 2.45) is 0 Å². The van der Waals surface area contributed by atoms with E-state index in [2.05, 4.69) is 19.2 Å². The van der Waals surface area contributed by atoms with Crippen LogP contribution in [0.4, 0.5) is 4.39 Å². The first-order valence-electron chi connectivity index (χ1n) is 6.68. The van der Waals surface area contributed by atoms with Crippen LogP contribution in [0.1, 0.15) is 56.7 Å². The van der Waals surface area contributed by atoms with Gasteiger partial charge in [0.25, 0.3) is 0 Å². The van der Waals surface area contributed by atoms with Gasteiger partial charge in [-0.1, -0.05) is 39.2 Å². The van der Waals surface area contributed by atoms with Crippen LogP contribution in [0.25, 0.3) is 0 Å². The molecule has 2 heteroatoms. The first-order valence-corrected chi connectivity index (χ1v) is 6.68. The summed E-state index contributed by atoms with van der Waals surface area (Å²) in [6, 6.07) is 5.47. The summed E-state index contributed by atoms with van der Waals surface area (Å²) in [6.07, 6.45) is 4.86. The molecule has 0 aliphatic carbocycles. The van der Waals surface area contributed by atoms with Crippen LogP contribution in [0.15, 0.2) is 18.2 Å². The number of hydrogen-bond donors (Lipinski definition) is 1. The van der Waals surface area contributed by atoms with E-state index in [1.54, 1.807) is 12.1 Å². The Hall–Kier alpha value is -0.890. The lowest BCUT2D eigenvalue weighted by Gasteiger charge is -2.20. The second-order valence-corrected chi connectivity index (χ2v) is 4.61. The molecule has 1 rings (SSSR count). The first kappa shape index (κ1) is 14.2. The quantitative estimate of drug-likeness (QED) is 0.695. The molecule has 1 unspecified atom stereocenters. The Labute approximate surface area is 104 Å². The zero-order chi connectivity index (χ0) is 12.7. The maximum atomic E-state index is 13.1. The highest BCUT2D eigenvalue weighted by atomic mass is 19.1. The van der Waals surface area contributed by atoms with Crippen molar-refractivity contribution >= 4 is 0 Å². The molecule has 0 heterocycles. The van der Waals surface area contributed by atoms with Crippen molar-refractivity contribution in [3.8, 4) is 0 Å². The van der Waals surface area contributed by atoms with E-state index < -0.39 is 0 Å². The van der Waals surface area contributed by atoms with Crippen LogP contribution in [0, 0.1) is 12.7 Å². The van der Waals surface area contributed by atoms with Gasteiger partial charge in [0.05, 0.1) is 0 Å². The fourth-order valence-electron chi connectivity index (χ4n) is 2.24. The van der Waals surface area contributed by atoms with E-state index in [9.17, 15) is 4.39 Å². The molecule has 1 aromatic rings. The Morgan fingerprint density at radius 1 is 1.24 bits per heavy atom. The molecule has 0 radical (unpaired) electrons. The zero-order valence-electron chi connectivity index (χ0n) is 11.2. The molecule has 1 aromatic carbocycles. The molecule has 0 spiro atoms. The topological polar surface area (TPSA) is 12.0 Å². The molecule has 96 valence electrons. The maximum absolute atomic E-state index is 13.1. The highest BCUT2D eigenvalue weighted by molar-refractivity contribution is 5.29. The van der Waals surface area contributed by atoms with E-state index in [-0.39, 0.29) is 5.82 Å². The molecule has 1 atom stereocenters. The van der Waals surface area contributed by atoms with Gasteiger partial charge in [-0.3, -0.25) is 0 Å². The SMILES string of the molecule is CCCCCC(NCC)c1ccc(F)cc1C. The molecule has 17 heavy (non-hydrogen) atoms. The van der Waals surface area contributed by atoms with E-state index in [1.807, 2.05) is 13.0 Å². The van der Waals surface area contributed by atoms with Gasteiger partial charge >= 0.3 is 0 Å². The molecule has 0 bridgehead atoms. The Bertz CT molecular complexity index is 336. The number of benzene rings is 1. The highest BCUT2D eigenvalue weighted by Crippen LogP contribution is 2.23. The van der Waals surface area contributed by atoms with Gasteiger partial charge in [0.1, 0.15) is 5.82 Å². The molecule has 0 aromatic heterocycles. The number of halogens is 1. The van der Waals surface area contributed by atoms with Gasteiger partial charge in [-0.25, -0.2) is 4.39 Å². The number of aryl methyl sites for hydroxylation is 1. The van der Waals surface area contributed by atoms with Crippen LogP contribution in [0.2, 0.25) is 0 Å². The van der Waals surface area contributed by atoms with Crippen molar-refractivity contribution in [1.29, 1.82) is 0 Å². The standard InChI is InChI=1S/C15H24FN/c1-4-6-7-8-15(17-5-2)14-10-9-13(16)11-12(14)3/h9-11,15,17H,4-8H2,1-3H3. The van der Waals surface area contributed by atoms with Gasteiger partial charge in [-0.2, -0.15) is 0 Å². The molecule has 0 saturated carbocycles. The van der Waals surface area contributed by atoms with Crippen LogP contribution in [0.3, 0.4) is 0 Å². The predicted molar refractivity (Wildman–Crippen MR) is 71.7 cm³/mol. The summed E-state index contributed by atoms with van der Waals surface area (Å²) in [5.41, 5.74) is 2.29. The van der Waals surface area contributed by atoms with Gasteiger partial charge in [0, 0.05) is 6.04 Å². The minimum atomic E-state index is -0.143. The summed E-state index contributed by atoms with van der Waals surface area (Å²) >= 11 is 0. The predicted octanol–water partition coefficient (Wildman–Crippen LogP) is 4.37. The Morgan fingerprint density at radius 3 is 2.59 bits per heavy atom. The molecule has 1 nitrogen and oxygen atoms in total. The van der Waals surface area contributed by atoms with E-state index in [4.69, 9.17) is 0 Å². The Kier molecular flexibility index (Phi) is 6.20. The molecule has 0 amide bonds. The molecule has 1 N–H and O–H groups in total. The molecular formula is C15H24FN. The van der Waals surface area contributed by atoms with Gasteiger partial charge in [0.2, 0.25) is 0 Å². The number of hydrogen-bond acceptors (Lipinski definition) is 1. The second-order valence-electron chi connectivity index (χ2n) is 4.61. The zero-order valence-corrected chi connectivity index (χ0v) is 11.2. The van der Waals surface area contributed by atoms with Crippen LogP contribution >= 0.6 is 0 Å². The van der Waals surface area contributed by atoms with E-state index in [1.165, 1.54) is 24.8 Å². The largest absolute Gasteiger partial charge is 0.310 e. The van der Waals surface area contributed by atoms with Crippen LogP contribution in [-0.4, -0.2) is 6.54 Å². The smallest absolute Gasteiger partial charge is 0.123 e. The lowest BCUT2D eigenvalue weighted by atomic mass is 9.96. The minimum absolute atomic E-state index is 0.143. The second kappa shape index (κ2) is 7.44. The molecular weight excluding hydrogens is 213 g/mol. The fraction of sp³-hybridized carbons (Fsp3) is 0.600. The third-order valence-corrected chi connectivity index (χ3v) is 3.15. The van der Waals surface area contributed by atoms with Crippen molar-refractivity contribution < 1.29 is 4.39 Å². The number of unbranched alkanes of at least 4 members (excludes halogenated alkanes) is 2. The van der Waals surface area contributed by atoms with Gasteiger partial charge in [-0.05, 0) is 43.1 Å². The lowest BCUT2D eigenvalue weighted by Crippen LogP contribution is -2.21. The Balaban J connectivity index is 2.74. The van der Waals surface area contributed by atoms with Crippen LogP contribution < -0.4 is 5.32 Å². The van der Waals surface area contributed by atoms with Crippen LogP contribution in [-0.2, 0) is 0 Å². The minimum Gasteiger partial charge on any atom is -0.310 e. The average Bonchev–Trinajstić information content (AvgIpc) is 2.28. The third kappa shape index (κ3) is 4.47. The third-order valence-electron chi connectivity index (χ3n) is 3.15. The maximum Gasteiger partial charge on any atom is 0.123 e. The lowest BCUT2D eigenvalue weighted by molar-refractivity contribution is 0.484. The highest BCUT2D eigenvalue weighted by Gasteiger charge is 2.12. The van der Waals surface area contributed by atoms with E-state index in [0.29, 0.717) is 6.04 Å². The first-order chi connectivity index (χ1) is 8.19. The molecule has 0 fully saturated rings. The molecule has 0 saturated heterocycles. The van der Waals surface area contributed by atoms with Crippen molar-refractivity contribution in [3.63, 3.8) is 0 Å². The summed E-state index contributed by atoms with van der Waals surface area (Å²) in [7, 11) is 0. The van der Waals surface area contributed by atoms with Gasteiger partial charge < -0.3 is 5.32 Å². The summed E-state index contributed by atoms with van der Waals surface area (Å²) in [5, 5.41) is 3.50. The van der Waals surface area contributed by atoms with Crippen molar-refractivity contribution in [3.05, 3.63) is 35.1 Å². The van der Waals surface area contributed by atoms with Crippen molar-refractivity contribution in [1.82, 2.24) is 5.32 Å². The summed E-state index contributed by atoms with van der Waals surface area (Å²) in [5.74, 6) is -0.143. The monoisotopic (exact) mass is 237 g/mol. The summed E-state index contributed by atoms with van der Waals surface area (Å²) < 4.78 is 13.1. The summed E-state index contributed by atoms with van der Waals surface area (Å²) in [4.78, 5) is 0. The number of rotatable bonds is 7. The Morgan fingerprint density at radius 2 is 2.00 bits per heavy atom. The van der Waals surface area contributed by atoms with Gasteiger partial charge in [0.15, 0.2) is 0 Å². The fourth-order valence-corrected chi connectivity index (χ4v) is 2.24. The van der Waals surface area contributed by atoms with Gasteiger partial charge in [-0.15, -0.1) is 0 Å².